The molecule has 0 aliphatic heterocycles. The van der Waals surface area contributed by atoms with Crippen molar-refractivity contribution >= 4 is 7.91 Å². The van der Waals surface area contributed by atoms with Gasteiger partial charge in [0, 0.05) is 0 Å². The first-order valence-corrected chi connectivity index (χ1v) is 2.15. The van der Waals surface area contributed by atoms with Crippen LogP contribution in [0.1, 0.15) is 0 Å². The molecule has 0 spiro atoms. The van der Waals surface area contributed by atoms with Gasteiger partial charge in [-0.3, -0.25) is 0 Å². The monoisotopic (exact) mass is 205 g/mol. The Balaban J connectivity index is 0. The number of hydrogen-bond acceptors (Lipinski definition) is 3. The molecule has 0 N–H and O–H groups in total. The van der Waals surface area contributed by atoms with Crippen molar-refractivity contribution in [3.8, 4) is 0 Å². The predicted molar refractivity (Wildman–Crippen MR) is 8.71 cm³/mol. The van der Waals surface area contributed by atoms with Crippen molar-refractivity contribution in [1.82, 2.24) is 0 Å². The third kappa shape index (κ3) is 105. The summed E-state index contributed by atoms with van der Waals surface area (Å²) in [6.45, 7) is 0. The van der Waals surface area contributed by atoms with E-state index in [9.17, 15) is 4.20 Å². The van der Waals surface area contributed by atoms with E-state index in [2.05, 4.69) is 0 Å². The third-order valence-electron chi connectivity index (χ3n) is 0. The minimum atomic E-state index is -5.64. The summed E-state index contributed by atoms with van der Waals surface area (Å²) >= 11 is 0. The molecule has 0 aromatic heterocycles. The number of hydrogen-bond donors (Lipinski definition) is 0. The van der Waals surface area contributed by atoms with Crippen molar-refractivity contribution in [1.29, 1.82) is 0 Å². The summed E-state index contributed by atoms with van der Waals surface area (Å²) in [5, 5.41) is 0. The van der Waals surface area contributed by atoms with Crippen LogP contribution in [0.2, 0.25) is 0 Å². The topological polar surface area (TPSA) is 63.2 Å². The largest absolute Gasteiger partial charge is 2.00 e. The van der Waals surface area contributed by atoms with E-state index < -0.39 is 7.91 Å². The summed E-state index contributed by atoms with van der Waals surface area (Å²) in [7, 11) is -5.64. The van der Waals surface area contributed by atoms with Gasteiger partial charge in [-0.15, -0.1) is 0 Å². The van der Waals surface area contributed by atoms with Gasteiger partial charge in [0.2, 0.25) is 0 Å². The molecule has 3 nitrogen and oxygen atoms in total. The van der Waals surface area contributed by atoms with Crippen LogP contribution < -0.4 is 9.79 Å². The van der Waals surface area contributed by atoms with Gasteiger partial charge < -0.3 is 14.4 Å². The first kappa shape index (κ1) is 9.94. The van der Waals surface area contributed by atoms with Crippen LogP contribution in [0.3, 0.4) is 0 Å². The van der Waals surface area contributed by atoms with E-state index in [0.717, 1.165) is 0 Å². The van der Waals surface area contributed by atoms with E-state index in [4.69, 9.17) is 14.4 Å². The van der Waals surface area contributed by atoms with Gasteiger partial charge in [-0.2, -0.15) is 0 Å². The average Bonchev–Trinajstić information content (AvgIpc) is 0.722. The second-order valence-corrected chi connectivity index (χ2v) is 1.29. The Morgan fingerprint density at radius 3 is 1.50 bits per heavy atom. The molecule has 0 unspecified atom stereocenters. The summed E-state index contributed by atoms with van der Waals surface area (Å²) in [4.78, 5) is 16.9. The van der Waals surface area contributed by atoms with Crippen molar-refractivity contribution in [2.75, 3.05) is 0 Å². The molecule has 41 valence electrons. The summed E-state index contributed by atoms with van der Waals surface area (Å²) < 4.78 is 18.6. The van der Waals surface area contributed by atoms with Gasteiger partial charge in [0.05, 0.1) is 0 Å². The second-order valence-electron chi connectivity index (χ2n) is 0.431. The smallest absolute Gasteiger partial charge is 0.786 e. The van der Waals surface area contributed by atoms with Crippen LogP contribution in [-0.2, 0) is 26.9 Å². The van der Waals surface area contributed by atoms with Crippen LogP contribution in [0.15, 0.2) is 0 Å². The molecule has 0 rings (SSSR count). The van der Waals surface area contributed by atoms with Gasteiger partial charge >= 0.3 is 22.4 Å². The van der Waals surface area contributed by atoms with Gasteiger partial charge in [-0.25, -0.2) is 4.20 Å². The molecule has 0 aliphatic carbocycles. The molecule has 6 heavy (non-hydrogen) atoms. The zero-order valence-electron chi connectivity index (χ0n) is 2.35. The maximum atomic E-state index is 10.1. The number of halogens is 1. The van der Waals surface area contributed by atoms with Gasteiger partial charge in [-0.1, -0.05) is 0 Å². The van der Waals surface area contributed by atoms with Crippen molar-refractivity contribution < 1.29 is 40.9 Å². The molecule has 0 atom stereocenters. The van der Waals surface area contributed by atoms with Gasteiger partial charge in [0.15, 0.2) is 0 Å². The standard InChI is InChI=1S/Ag.FH2O3P/c;1-5(2,3)4/h;(H2,2,3,4)/q+2;/p-2. The van der Waals surface area contributed by atoms with E-state index in [-0.39, 0.29) is 22.4 Å². The molecule has 1 radical (unpaired) electrons. The fourth-order valence-corrected chi connectivity index (χ4v) is 0. The minimum Gasteiger partial charge on any atom is -0.786 e. The Kier molecular flexibility index (Phi) is 4.82. The maximum absolute atomic E-state index is 10.1. The molecule has 0 aliphatic rings. The Bertz CT molecular complexity index is 56.9. The molecular weight excluding hydrogens is 206 g/mol. The average molecular weight is 206 g/mol. The quantitative estimate of drug-likeness (QED) is 0.368. The van der Waals surface area contributed by atoms with Crippen molar-refractivity contribution in [2.45, 2.75) is 0 Å². The fraction of sp³-hybridized carbons (Fsp3) is 0. The van der Waals surface area contributed by atoms with Crippen LogP contribution in [0.5, 0.6) is 0 Å². The maximum Gasteiger partial charge on any atom is 2.00 e. The normalized spacial score (nSPS) is 9.83. The Labute approximate surface area is 49.3 Å². The van der Waals surface area contributed by atoms with Gasteiger partial charge in [0.1, 0.15) is 7.91 Å². The van der Waals surface area contributed by atoms with Crippen molar-refractivity contribution in [3.63, 3.8) is 0 Å². The minimum absolute atomic E-state index is 0. The zero-order chi connectivity index (χ0) is 4.50. The third-order valence-corrected chi connectivity index (χ3v) is 0. The van der Waals surface area contributed by atoms with Crippen LogP contribution in [0, 0.1) is 0 Å². The molecule has 0 amide bonds. The molecule has 0 bridgehead atoms. The van der Waals surface area contributed by atoms with E-state index in [1.165, 1.54) is 0 Å². The molecule has 0 saturated carbocycles. The molecular formula is AgFO3P. The molecule has 0 aromatic carbocycles. The van der Waals surface area contributed by atoms with E-state index in [1.807, 2.05) is 0 Å². The van der Waals surface area contributed by atoms with E-state index in [0.29, 0.717) is 0 Å². The van der Waals surface area contributed by atoms with Gasteiger partial charge in [-0.05, 0) is 0 Å². The van der Waals surface area contributed by atoms with Crippen LogP contribution in [-0.4, -0.2) is 0 Å². The zero-order valence-corrected chi connectivity index (χ0v) is 4.73. The second kappa shape index (κ2) is 2.91. The molecule has 6 heteroatoms. The summed E-state index contributed by atoms with van der Waals surface area (Å²) in [6, 6.07) is 0. The van der Waals surface area contributed by atoms with Crippen LogP contribution >= 0.6 is 7.91 Å². The van der Waals surface area contributed by atoms with E-state index >= 15 is 0 Å². The Morgan fingerprint density at radius 2 is 1.50 bits per heavy atom. The predicted octanol–water partition coefficient (Wildman–Crippen LogP) is -1.22. The summed E-state index contributed by atoms with van der Waals surface area (Å²) in [6.07, 6.45) is 0. The first-order valence-electron chi connectivity index (χ1n) is 0.717. The summed E-state index contributed by atoms with van der Waals surface area (Å²) in [5.41, 5.74) is 0. The van der Waals surface area contributed by atoms with Crippen molar-refractivity contribution in [2.24, 2.45) is 0 Å². The molecule has 0 aromatic rings. The van der Waals surface area contributed by atoms with Crippen LogP contribution in [0.25, 0.3) is 0 Å². The number of rotatable bonds is 0. The van der Waals surface area contributed by atoms with Crippen molar-refractivity contribution in [3.05, 3.63) is 0 Å². The Morgan fingerprint density at radius 1 is 1.50 bits per heavy atom. The Hall–Kier alpha value is 0.820. The first-order chi connectivity index (χ1) is 2.00. The molecule has 0 saturated heterocycles. The van der Waals surface area contributed by atoms with E-state index in [1.54, 1.807) is 0 Å². The SMILES string of the molecule is O=P([O-])([O-])F.[Ag+2]. The fourth-order valence-electron chi connectivity index (χ4n) is 0. The molecule has 0 heterocycles. The van der Waals surface area contributed by atoms with Gasteiger partial charge in [0.25, 0.3) is 0 Å². The van der Waals surface area contributed by atoms with Crippen LogP contribution in [0.4, 0.5) is 4.20 Å². The summed E-state index contributed by atoms with van der Waals surface area (Å²) in [5.74, 6) is 0. The molecule has 0 fully saturated rings.